The van der Waals surface area contributed by atoms with E-state index in [1.165, 1.54) is 29.6 Å². The molecule has 11 heteroatoms. The second kappa shape index (κ2) is 7.39. The van der Waals surface area contributed by atoms with Gasteiger partial charge in [-0.15, -0.1) is 0 Å². The van der Waals surface area contributed by atoms with E-state index in [4.69, 9.17) is 14.2 Å². The summed E-state index contributed by atoms with van der Waals surface area (Å²) in [6, 6.07) is 3.52. The SMILES string of the molecule is Cn1c(=O)c2c(ncn2CC(=O)OCc2cc3c(cc2Br)OCCO3)n(C)c1=O. The van der Waals surface area contributed by atoms with E-state index in [2.05, 4.69) is 20.9 Å². The molecule has 4 rings (SSSR count). The molecule has 0 spiro atoms. The van der Waals surface area contributed by atoms with Crippen LogP contribution in [-0.2, 0) is 36.8 Å². The number of carbonyl (C=O) groups excluding carboxylic acids is 1. The lowest BCUT2D eigenvalue weighted by molar-refractivity contribution is -0.145. The monoisotopic (exact) mass is 464 g/mol. The van der Waals surface area contributed by atoms with E-state index in [0.717, 1.165) is 14.6 Å². The Kier molecular flexibility index (Phi) is 4.91. The van der Waals surface area contributed by atoms with Crippen molar-refractivity contribution < 1.29 is 19.0 Å². The van der Waals surface area contributed by atoms with Crippen molar-refractivity contribution in [2.75, 3.05) is 13.2 Å². The summed E-state index contributed by atoms with van der Waals surface area (Å²) in [6.45, 7) is 0.738. The van der Waals surface area contributed by atoms with E-state index in [1.54, 1.807) is 12.1 Å². The standard InChI is InChI=1S/C18H17BrN4O6/c1-21-16-15(17(25)22(2)18(21)26)23(9-20-16)7-14(24)29-8-10-5-12-13(6-11(10)19)28-4-3-27-12/h5-6,9H,3-4,7-8H2,1-2H3. The van der Waals surface area contributed by atoms with Crippen molar-refractivity contribution >= 4 is 33.1 Å². The quantitative estimate of drug-likeness (QED) is 0.523. The Morgan fingerprint density at radius 2 is 1.86 bits per heavy atom. The third-order valence-electron chi connectivity index (χ3n) is 4.62. The number of ether oxygens (including phenoxy) is 3. The maximum Gasteiger partial charge on any atom is 0.332 e. The molecule has 152 valence electrons. The van der Waals surface area contributed by atoms with E-state index in [9.17, 15) is 14.4 Å². The van der Waals surface area contributed by atoms with Crippen LogP contribution in [0.25, 0.3) is 11.2 Å². The highest BCUT2D eigenvalue weighted by Crippen LogP contribution is 2.35. The van der Waals surface area contributed by atoms with Gasteiger partial charge in [-0.25, -0.2) is 9.78 Å². The maximum atomic E-state index is 12.4. The minimum atomic E-state index is -0.554. The number of imidazole rings is 1. The zero-order valence-corrected chi connectivity index (χ0v) is 17.3. The van der Waals surface area contributed by atoms with Gasteiger partial charge in [0.1, 0.15) is 26.4 Å². The van der Waals surface area contributed by atoms with Gasteiger partial charge in [0.2, 0.25) is 0 Å². The second-order valence-electron chi connectivity index (χ2n) is 6.50. The van der Waals surface area contributed by atoms with Gasteiger partial charge in [0.25, 0.3) is 5.56 Å². The van der Waals surface area contributed by atoms with Crippen molar-refractivity contribution in [2.45, 2.75) is 13.2 Å². The molecular formula is C18H17BrN4O6. The molecule has 0 aliphatic carbocycles. The molecule has 0 radical (unpaired) electrons. The van der Waals surface area contributed by atoms with Gasteiger partial charge in [-0.2, -0.15) is 0 Å². The van der Waals surface area contributed by atoms with Crippen molar-refractivity contribution in [1.29, 1.82) is 0 Å². The van der Waals surface area contributed by atoms with Crippen LogP contribution < -0.4 is 20.7 Å². The highest BCUT2D eigenvalue weighted by atomic mass is 79.9. The number of aryl methyl sites for hydroxylation is 1. The highest BCUT2D eigenvalue weighted by Gasteiger charge is 2.18. The predicted molar refractivity (Wildman–Crippen MR) is 105 cm³/mol. The first-order valence-electron chi connectivity index (χ1n) is 8.71. The Morgan fingerprint density at radius 1 is 1.17 bits per heavy atom. The van der Waals surface area contributed by atoms with E-state index < -0.39 is 17.2 Å². The summed E-state index contributed by atoms with van der Waals surface area (Å²) < 4.78 is 20.7. The van der Waals surface area contributed by atoms with Gasteiger partial charge in [-0.05, 0) is 12.1 Å². The Morgan fingerprint density at radius 3 is 2.59 bits per heavy atom. The summed E-state index contributed by atoms with van der Waals surface area (Å²) in [6.07, 6.45) is 1.34. The van der Waals surface area contributed by atoms with Crippen LogP contribution in [0.3, 0.4) is 0 Å². The van der Waals surface area contributed by atoms with E-state index in [1.807, 2.05) is 0 Å². The Balaban J connectivity index is 1.53. The summed E-state index contributed by atoms with van der Waals surface area (Å²) in [5, 5.41) is 0. The van der Waals surface area contributed by atoms with E-state index in [0.29, 0.717) is 24.7 Å². The van der Waals surface area contributed by atoms with Crippen molar-refractivity contribution in [3.05, 3.63) is 49.3 Å². The number of halogens is 1. The van der Waals surface area contributed by atoms with Gasteiger partial charge >= 0.3 is 11.7 Å². The number of nitrogens with zero attached hydrogens (tertiary/aromatic N) is 4. The molecule has 0 bridgehead atoms. The summed E-state index contributed by atoms with van der Waals surface area (Å²) in [5.74, 6) is 0.669. The molecule has 1 aliphatic heterocycles. The summed E-state index contributed by atoms with van der Waals surface area (Å²) in [7, 11) is 2.89. The number of rotatable bonds is 4. The minimum absolute atomic E-state index is 0.0131. The largest absolute Gasteiger partial charge is 0.486 e. The van der Waals surface area contributed by atoms with E-state index >= 15 is 0 Å². The molecular weight excluding hydrogens is 448 g/mol. The molecule has 3 heterocycles. The lowest BCUT2D eigenvalue weighted by Crippen LogP contribution is -2.37. The van der Waals surface area contributed by atoms with Crippen LogP contribution in [0.5, 0.6) is 11.5 Å². The average molecular weight is 465 g/mol. The number of hydrogen-bond donors (Lipinski definition) is 0. The summed E-state index contributed by atoms with van der Waals surface area (Å²) >= 11 is 3.43. The third-order valence-corrected chi connectivity index (χ3v) is 5.35. The number of hydrogen-bond acceptors (Lipinski definition) is 7. The number of esters is 1. The first-order chi connectivity index (χ1) is 13.9. The lowest BCUT2D eigenvalue weighted by Gasteiger charge is -2.19. The van der Waals surface area contributed by atoms with Crippen LogP contribution in [0, 0.1) is 0 Å². The lowest BCUT2D eigenvalue weighted by atomic mass is 10.2. The average Bonchev–Trinajstić information content (AvgIpc) is 3.12. The van der Waals surface area contributed by atoms with E-state index in [-0.39, 0.29) is 24.3 Å². The van der Waals surface area contributed by atoms with Crippen LogP contribution in [0.2, 0.25) is 0 Å². The predicted octanol–water partition coefficient (Wildman–Crippen LogP) is 0.711. The first kappa shape index (κ1) is 19.2. The van der Waals surface area contributed by atoms with Crippen LogP contribution in [0.4, 0.5) is 0 Å². The van der Waals surface area contributed by atoms with Crippen LogP contribution >= 0.6 is 15.9 Å². The van der Waals surface area contributed by atoms with Crippen molar-refractivity contribution in [2.24, 2.45) is 14.1 Å². The van der Waals surface area contributed by atoms with Crippen LogP contribution in [-0.4, -0.2) is 37.9 Å². The fraction of sp³-hybridized carbons (Fsp3) is 0.333. The first-order valence-corrected chi connectivity index (χ1v) is 9.50. The molecule has 1 aromatic carbocycles. The maximum absolute atomic E-state index is 12.4. The Bertz CT molecular complexity index is 1240. The van der Waals surface area contributed by atoms with Gasteiger partial charge in [-0.1, -0.05) is 15.9 Å². The molecule has 3 aromatic rings. The molecule has 0 amide bonds. The van der Waals surface area contributed by atoms with Gasteiger partial charge in [0, 0.05) is 24.1 Å². The number of aromatic nitrogens is 4. The minimum Gasteiger partial charge on any atom is -0.486 e. The molecule has 1 aliphatic rings. The third kappa shape index (κ3) is 3.41. The normalized spacial score (nSPS) is 12.9. The molecule has 0 unspecified atom stereocenters. The van der Waals surface area contributed by atoms with Crippen LogP contribution in [0.15, 0.2) is 32.5 Å². The molecule has 0 saturated heterocycles. The van der Waals surface area contributed by atoms with Gasteiger partial charge in [-0.3, -0.25) is 18.7 Å². The Hall–Kier alpha value is -3.08. The van der Waals surface area contributed by atoms with Crippen molar-refractivity contribution in [3.63, 3.8) is 0 Å². The number of fused-ring (bicyclic) bond motifs is 2. The summed E-state index contributed by atoms with van der Waals surface area (Å²) in [5.41, 5.74) is 0.0747. The molecule has 0 fully saturated rings. The number of carbonyl (C=O) groups is 1. The van der Waals surface area contributed by atoms with Gasteiger partial charge in [0.15, 0.2) is 22.7 Å². The topological polar surface area (TPSA) is 107 Å². The zero-order chi connectivity index (χ0) is 20.7. The van der Waals surface area contributed by atoms with Gasteiger partial charge in [0.05, 0.1) is 6.33 Å². The fourth-order valence-corrected chi connectivity index (χ4v) is 3.51. The summed E-state index contributed by atoms with van der Waals surface area (Å²) in [4.78, 5) is 40.9. The Labute approximate surface area is 172 Å². The fourth-order valence-electron chi connectivity index (χ4n) is 3.08. The zero-order valence-electron chi connectivity index (χ0n) is 15.7. The highest BCUT2D eigenvalue weighted by molar-refractivity contribution is 9.10. The number of benzene rings is 1. The molecule has 29 heavy (non-hydrogen) atoms. The smallest absolute Gasteiger partial charge is 0.332 e. The van der Waals surface area contributed by atoms with Crippen molar-refractivity contribution in [3.8, 4) is 11.5 Å². The van der Waals surface area contributed by atoms with Gasteiger partial charge < -0.3 is 18.8 Å². The molecule has 2 aromatic heterocycles. The van der Waals surface area contributed by atoms with Crippen LogP contribution in [0.1, 0.15) is 5.56 Å². The molecule has 0 N–H and O–H groups in total. The molecule has 10 nitrogen and oxygen atoms in total. The second-order valence-corrected chi connectivity index (χ2v) is 7.35. The molecule has 0 atom stereocenters. The molecule has 0 saturated carbocycles. The van der Waals surface area contributed by atoms with Crippen molar-refractivity contribution in [1.82, 2.24) is 18.7 Å².